The fraction of sp³-hybridized carbons (Fsp3) is 1.00. The largest absolute Gasteiger partial charge is 0.306 e. The molecule has 0 N–H and O–H groups in total. The van der Waals surface area contributed by atoms with Gasteiger partial charge < -0.3 is 4.90 Å². The van der Waals surface area contributed by atoms with E-state index < -0.39 is 0 Å². The molecule has 0 aliphatic heterocycles. The SMILES string of the molecule is CCCCCCN(C)CCC. The van der Waals surface area contributed by atoms with Gasteiger partial charge in [-0.05, 0) is 33.0 Å². The molecule has 0 amide bonds. The van der Waals surface area contributed by atoms with Crippen LogP contribution in [0, 0.1) is 0 Å². The Hall–Kier alpha value is -0.0400. The Bertz CT molecular complexity index is 71.3. The lowest BCUT2D eigenvalue weighted by Crippen LogP contribution is -2.20. The number of unbranched alkanes of at least 4 members (excludes halogenated alkanes) is 3. The molecule has 0 heterocycles. The first-order chi connectivity index (χ1) is 5.31. The van der Waals surface area contributed by atoms with Crippen molar-refractivity contribution in [3.8, 4) is 0 Å². The van der Waals surface area contributed by atoms with Gasteiger partial charge in [0.05, 0.1) is 0 Å². The van der Waals surface area contributed by atoms with Gasteiger partial charge in [-0.15, -0.1) is 0 Å². The summed E-state index contributed by atoms with van der Waals surface area (Å²) in [6.07, 6.45) is 6.82. The van der Waals surface area contributed by atoms with E-state index in [1.54, 1.807) is 0 Å². The first-order valence-corrected chi connectivity index (χ1v) is 4.99. The average Bonchev–Trinajstić information content (AvgIpc) is 1.99. The molecule has 68 valence electrons. The summed E-state index contributed by atoms with van der Waals surface area (Å²) in [5.74, 6) is 0. The quantitative estimate of drug-likeness (QED) is 0.514. The molecule has 0 aliphatic rings. The van der Waals surface area contributed by atoms with Crippen LogP contribution in [-0.4, -0.2) is 25.0 Å². The topological polar surface area (TPSA) is 3.24 Å². The number of nitrogens with zero attached hydrogens (tertiary/aromatic N) is 1. The average molecular weight is 157 g/mol. The molecule has 0 aromatic rings. The zero-order valence-electron chi connectivity index (χ0n) is 8.40. The highest BCUT2D eigenvalue weighted by atomic mass is 15.1. The molecule has 11 heavy (non-hydrogen) atoms. The minimum absolute atomic E-state index is 1.26. The Morgan fingerprint density at radius 1 is 0.818 bits per heavy atom. The zero-order chi connectivity index (χ0) is 8.53. The molecule has 0 fully saturated rings. The third-order valence-corrected chi connectivity index (χ3v) is 2.00. The van der Waals surface area contributed by atoms with E-state index in [0.717, 1.165) is 0 Å². The second-order valence-corrected chi connectivity index (χ2v) is 3.36. The van der Waals surface area contributed by atoms with Crippen LogP contribution < -0.4 is 0 Å². The van der Waals surface area contributed by atoms with E-state index in [4.69, 9.17) is 0 Å². The van der Waals surface area contributed by atoms with Crippen molar-refractivity contribution in [3.63, 3.8) is 0 Å². The summed E-state index contributed by atoms with van der Waals surface area (Å²) in [4.78, 5) is 2.43. The number of hydrogen-bond donors (Lipinski definition) is 0. The molecule has 1 heteroatoms. The fourth-order valence-electron chi connectivity index (χ4n) is 1.30. The molecule has 0 bridgehead atoms. The summed E-state index contributed by atoms with van der Waals surface area (Å²) in [6.45, 7) is 7.04. The van der Waals surface area contributed by atoms with E-state index in [1.165, 1.54) is 45.2 Å². The third kappa shape index (κ3) is 7.86. The van der Waals surface area contributed by atoms with Crippen molar-refractivity contribution >= 4 is 0 Å². The molecule has 0 aromatic heterocycles. The summed E-state index contributed by atoms with van der Waals surface area (Å²) in [6, 6.07) is 0. The molecule has 0 saturated carbocycles. The smallest absolute Gasteiger partial charge is 0.00218 e. The molecule has 0 saturated heterocycles. The molecule has 0 aromatic carbocycles. The summed E-state index contributed by atoms with van der Waals surface area (Å²) in [5.41, 5.74) is 0. The maximum absolute atomic E-state index is 2.43. The predicted molar refractivity (Wildman–Crippen MR) is 51.9 cm³/mol. The molecule has 0 atom stereocenters. The highest BCUT2D eigenvalue weighted by molar-refractivity contribution is 4.50. The minimum atomic E-state index is 1.26. The molecule has 0 unspecified atom stereocenters. The van der Waals surface area contributed by atoms with Crippen LogP contribution in [0.5, 0.6) is 0 Å². The molecule has 0 aliphatic carbocycles. The second kappa shape index (κ2) is 8.06. The van der Waals surface area contributed by atoms with Crippen molar-refractivity contribution in [1.82, 2.24) is 4.90 Å². The normalized spacial score (nSPS) is 10.9. The first-order valence-electron chi connectivity index (χ1n) is 4.99. The van der Waals surface area contributed by atoms with Gasteiger partial charge in [-0.1, -0.05) is 33.1 Å². The lowest BCUT2D eigenvalue weighted by molar-refractivity contribution is 0.325. The van der Waals surface area contributed by atoms with Crippen molar-refractivity contribution < 1.29 is 0 Å². The molecule has 0 rings (SSSR count). The van der Waals surface area contributed by atoms with Crippen molar-refractivity contribution in [3.05, 3.63) is 0 Å². The third-order valence-electron chi connectivity index (χ3n) is 2.00. The Kier molecular flexibility index (Phi) is 8.03. The van der Waals surface area contributed by atoms with Crippen LogP contribution in [0.25, 0.3) is 0 Å². The molecule has 1 nitrogen and oxygen atoms in total. The molecule has 0 spiro atoms. The van der Waals surface area contributed by atoms with Crippen LogP contribution in [0.3, 0.4) is 0 Å². The van der Waals surface area contributed by atoms with Crippen LogP contribution in [0.15, 0.2) is 0 Å². The highest BCUT2D eigenvalue weighted by Crippen LogP contribution is 2.00. The highest BCUT2D eigenvalue weighted by Gasteiger charge is 1.94. The van der Waals surface area contributed by atoms with Crippen molar-refractivity contribution in [1.29, 1.82) is 0 Å². The van der Waals surface area contributed by atoms with Crippen LogP contribution in [-0.2, 0) is 0 Å². The fourth-order valence-corrected chi connectivity index (χ4v) is 1.30. The minimum Gasteiger partial charge on any atom is -0.306 e. The van der Waals surface area contributed by atoms with Crippen LogP contribution >= 0.6 is 0 Å². The van der Waals surface area contributed by atoms with E-state index in [2.05, 4.69) is 25.8 Å². The van der Waals surface area contributed by atoms with Crippen LogP contribution in [0.2, 0.25) is 0 Å². The zero-order valence-corrected chi connectivity index (χ0v) is 8.40. The van der Waals surface area contributed by atoms with Gasteiger partial charge >= 0.3 is 0 Å². The Labute approximate surface area is 71.8 Å². The number of hydrogen-bond acceptors (Lipinski definition) is 1. The van der Waals surface area contributed by atoms with E-state index in [9.17, 15) is 0 Å². The molecule has 0 radical (unpaired) electrons. The maximum Gasteiger partial charge on any atom is -0.00218 e. The van der Waals surface area contributed by atoms with Gasteiger partial charge in [0.2, 0.25) is 0 Å². The lowest BCUT2D eigenvalue weighted by atomic mass is 10.2. The Morgan fingerprint density at radius 3 is 2.09 bits per heavy atom. The maximum atomic E-state index is 2.43. The van der Waals surface area contributed by atoms with Gasteiger partial charge in [-0.3, -0.25) is 0 Å². The van der Waals surface area contributed by atoms with E-state index in [1.807, 2.05) is 0 Å². The van der Waals surface area contributed by atoms with Crippen molar-refractivity contribution in [2.75, 3.05) is 20.1 Å². The predicted octanol–water partition coefficient (Wildman–Crippen LogP) is 2.91. The first kappa shape index (κ1) is 11.0. The van der Waals surface area contributed by atoms with Crippen molar-refractivity contribution in [2.24, 2.45) is 0 Å². The van der Waals surface area contributed by atoms with Gasteiger partial charge in [-0.2, -0.15) is 0 Å². The Balaban J connectivity index is 2.97. The second-order valence-electron chi connectivity index (χ2n) is 3.36. The van der Waals surface area contributed by atoms with Gasteiger partial charge in [0.25, 0.3) is 0 Å². The van der Waals surface area contributed by atoms with Gasteiger partial charge in [0.15, 0.2) is 0 Å². The van der Waals surface area contributed by atoms with Crippen molar-refractivity contribution in [2.45, 2.75) is 46.0 Å². The van der Waals surface area contributed by atoms with Gasteiger partial charge in [0.1, 0.15) is 0 Å². The molecular formula is C10H23N. The standard InChI is InChI=1S/C10H23N/c1-4-6-7-8-10-11(3)9-5-2/h4-10H2,1-3H3. The monoisotopic (exact) mass is 157 g/mol. The lowest BCUT2D eigenvalue weighted by Gasteiger charge is -2.14. The van der Waals surface area contributed by atoms with E-state index in [0.29, 0.717) is 0 Å². The van der Waals surface area contributed by atoms with Gasteiger partial charge in [0, 0.05) is 0 Å². The van der Waals surface area contributed by atoms with Crippen LogP contribution in [0.1, 0.15) is 46.0 Å². The van der Waals surface area contributed by atoms with Crippen LogP contribution in [0.4, 0.5) is 0 Å². The summed E-state index contributed by atoms with van der Waals surface area (Å²) >= 11 is 0. The van der Waals surface area contributed by atoms with Gasteiger partial charge in [-0.25, -0.2) is 0 Å². The Morgan fingerprint density at radius 2 is 1.55 bits per heavy atom. The number of rotatable bonds is 7. The van der Waals surface area contributed by atoms with E-state index in [-0.39, 0.29) is 0 Å². The summed E-state index contributed by atoms with van der Waals surface area (Å²) in [7, 11) is 2.22. The molecular weight excluding hydrogens is 134 g/mol. The summed E-state index contributed by atoms with van der Waals surface area (Å²) < 4.78 is 0. The summed E-state index contributed by atoms with van der Waals surface area (Å²) in [5, 5.41) is 0. The van der Waals surface area contributed by atoms with E-state index >= 15 is 0 Å².